The van der Waals surface area contributed by atoms with Crippen LogP contribution in [0.3, 0.4) is 0 Å². The van der Waals surface area contributed by atoms with Gasteiger partial charge in [0.1, 0.15) is 11.5 Å². The number of ether oxygens (including phenoxy) is 1. The Morgan fingerprint density at radius 3 is 2.24 bits per heavy atom. The summed E-state index contributed by atoms with van der Waals surface area (Å²) in [6, 6.07) is 4.19. The molecular formula is C13H12Cl2N2O4. The normalized spacial score (nSPS) is 12.4. The van der Waals surface area contributed by atoms with Crippen LogP contribution in [0, 0.1) is 21.4 Å². The summed E-state index contributed by atoms with van der Waals surface area (Å²) in [5, 5.41) is 20.1. The average molecular weight is 331 g/mol. The summed E-state index contributed by atoms with van der Waals surface area (Å²) >= 11 is 12.0. The SMILES string of the molecule is CC(=O)OC(C)(C)C(C#N)c1c(Cl)cc([N+](=O)[O-])cc1Cl. The van der Waals surface area contributed by atoms with Crippen molar-refractivity contribution in [2.75, 3.05) is 0 Å². The number of nitrogens with zero attached hydrogens (tertiary/aromatic N) is 2. The van der Waals surface area contributed by atoms with Crippen LogP contribution in [0.4, 0.5) is 5.69 Å². The maximum atomic E-state index is 11.1. The lowest BCUT2D eigenvalue weighted by Crippen LogP contribution is -2.34. The van der Waals surface area contributed by atoms with Gasteiger partial charge in [-0.05, 0) is 13.8 Å². The van der Waals surface area contributed by atoms with Crippen LogP contribution in [0.2, 0.25) is 10.0 Å². The predicted molar refractivity (Wildman–Crippen MR) is 77.3 cm³/mol. The second-order valence-corrected chi connectivity index (χ2v) is 5.65. The number of nitro groups is 1. The summed E-state index contributed by atoms with van der Waals surface area (Å²) in [7, 11) is 0. The van der Waals surface area contributed by atoms with Crippen LogP contribution in [0.25, 0.3) is 0 Å². The van der Waals surface area contributed by atoms with E-state index in [-0.39, 0.29) is 21.3 Å². The molecule has 1 unspecified atom stereocenters. The molecule has 1 aromatic rings. The van der Waals surface area contributed by atoms with Crippen LogP contribution < -0.4 is 0 Å². The molecule has 6 nitrogen and oxygen atoms in total. The van der Waals surface area contributed by atoms with Gasteiger partial charge in [-0.15, -0.1) is 0 Å². The standard InChI is InChI=1S/C13H12Cl2N2O4/c1-7(18)21-13(2,3)9(6-16)12-10(14)4-8(17(19)20)5-11(12)15/h4-5,9H,1-3H3. The van der Waals surface area contributed by atoms with Crippen LogP contribution in [0.15, 0.2) is 12.1 Å². The van der Waals surface area contributed by atoms with Crippen molar-refractivity contribution >= 4 is 34.9 Å². The zero-order valence-corrected chi connectivity index (χ0v) is 13.0. The number of benzene rings is 1. The summed E-state index contributed by atoms with van der Waals surface area (Å²) in [6.07, 6.45) is 0. The van der Waals surface area contributed by atoms with Crippen molar-refractivity contribution < 1.29 is 14.5 Å². The predicted octanol–water partition coefficient (Wildman–Crippen LogP) is 3.85. The highest BCUT2D eigenvalue weighted by molar-refractivity contribution is 6.36. The summed E-state index contributed by atoms with van der Waals surface area (Å²) in [5.41, 5.74) is -1.28. The van der Waals surface area contributed by atoms with Crippen molar-refractivity contribution in [2.24, 2.45) is 0 Å². The Kier molecular flexibility index (Phi) is 5.15. The lowest BCUT2D eigenvalue weighted by atomic mass is 9.85. The van der Waals surface area contributed by atoms with E-state index >= 15 is 0 Å². The maximum absolute atomic E-state index is 11.1. The van der Waals surface area contributed by atoms with E-state index in [1.165, 1.54) is 20.8 Å². The molecule has 0 heterocycles. The van der Waals surface area contributed by atoms with Crippen LogP contribution in [0.1, 0.15) is 32.3 Å². The molecule has 0 fully saturated rings. The second-order valence-electron chi connectivity index (χ2n) is 4.84. The molecular weight excluding hydrogens is 319 g/mol. The van der Waals surface area contributed by atoms with Gasteiger partial charge in [-0.3, -0.25) is 14.9 Å². The number of non-ortho nitro benzene ring substituents is 1. The second kappa shape index (κ2) is 6.29. The minimum Gasteiger partial charge on any atom is -0.458 e. The molecule has 1 rings (SSSR count). The van der Waals surface area contributed by atoms with Gasteiger partial charge in [0.25, 0.3) is 5.69 Å². The molecule has 0 aliphatic rings. The van der Waals surface area contributed by atoms with E-state index in [2.05, 4.69) is 0 Å². The fourth-order valence-electron chi connectivity index (χ4n) is 1.95. The van der Waals surface area contributed by atoms with E-state index in [0.717, 1.165) is 12.1 Å². The molecule has 0 aliphatic carbocycles. The van der Waals surface area contributed by atoms with E-state index in [1.807, 2.05) is 6.07 Å². The van der Waals surface area contributed by atoms with Gasteiger partial charge in [0.05, 0.1) is 21.0 Å². The van der Waals surface area contributed by atoms with Crippen LogP contribution in [0.5, 0.6) is 0 Å². The quantitative estimate of drug-likeness (QED) is 0.474. The third-order valence-electron chi connectivity index (χ3n) is 2.79. The Morgan fingerprint density at radius 1 is 1.43 bits per heavy atom. The molecule has 112 valence electrons. The van der Waals surface area contributed by atoms with Crippen molar-refractivity contribution in [1.82, 2.24) is 0 Å². The monoisotopic (exact) mass is 330 g/mol. The third-order valence-corrected chi connectivity index (χ3v) is 3.42. The molecule has 21 heavy (non-hydrogen) atoms. The third kappa shape index (κ3) is 3.84. The number of halogens is 2. The zero-order chi connectivity index (χ0) is 16.4. The maximum Gasteiger partial charge on any atom is 0.303 e. The Balaban J connectivity index is 3.40. The lowest BCUT2D eigenvalue weighted by Gasteiger charge is -2.30. The molecule has 8 heteroatoms. The molecule has 1 atom stereocenters. The van der Waals surface area contributed by atoms with Crippen molar-refractivity contribution in [2.45, 2.75) is 32.3 Å². The van der Waals surface area contributed by atoms with Gasteiger partial charge < -0.3 is 4.74 Å². The smallest absolute Gasteiger partial charge is 0.303 e. The molecule has 0 saturated heterocycles. The van der Waals surface area contributed by atoms with Gasteiger partial charge in [0.2, 0.25) is 0 Å². The number of esters is 1. The van der Waals surface area contributed by atoms with Crippen molar-refractivity contribution in [3.63, 3.8) is 0 Å². The van der Waals surface area contributed by atoms with Gasteiger partial charge in [-0.1, -0.05) is 23.2 Å². The number of nitro benzene ring substituents is 1. The van der Waals surface area contributed by atoms with Crippen LogP contribution in [-0.2, 0) is 9.53 Å². The summed E-state index contributed by atoms with van der Waals surface area (Å²) < 4.78 is 5.12. The Morgan fingerprint density at radius 2 is 1.90 bits per heavy atom. The molecule has 0 saturated carbocycles. The Bertz CT molecular complexity index is 615. The summed E-state index contributed by atoms with van der Waals surface area (Å²) in [5.74, 6) is -1.53. The fourth-order valence-corrected chi connectivity index (χ4v) is 2.64. The van der Waals surface area contributed by atoms with Crippen molar-refractivity contribution in [3.05, 3.63) is 37.9 Å². The molecule has 0 aromatic heterocycles. The first-order chi connectivity index (χ1) is 9.60. The zero-order valence-electron chi connectivity index (χ0n) is 11.5. The number of nitriles is 1. The van der Waals surface area contributed by atoms with Gasteiger partial charge in [-0.25, -0.2) is 0 Å². The van der Waals surface area contributed by atoms with Gasteiger partial charge in [-0.2, -0.15) is 5.26 Å². The Labute approximate surface area is 131 Å². The van der Waals surface area contributed by atoms with Crippen molar-refractivity contribution in [3.8, 4) is 6.07 Å². The van der Waals surface area contributed by atoms with Gasteiger partial charge in [0, 0.05) is 24.6 Å². The van der Waals surface area contributed by atoms with Gasteiger partial charge in [0.15, 0.2) is 0 Å². The molecule has 1 aromatic carbocycles. The molecule has 0 aliphatic heterocycles. The summed E-state index contributed by atoms with van der Waals surface area (Å²) in [4.78, 5) is 21.3. The highest BCUT2D eigenvalue weighted by atomic mass is 35.5. The number of carbonyl (C=O) groups is 1. The van der Waals surface area contributed by atoms with Crippen LogP contribution >= 0.6 is 23.2 Å². The van der Waals surface area contributed by atoms with Gasteiger partial charge >= 0.3 is 5.97 Å². The fraction of sp³-hybridized carbons (Fsp3) is 0.385. The molecule has 0 spiro atoms. The number of hydrogen-bond donors (Lipinski definition) is 0. The number of rotatable bonds is 4. The average Bonchev–Trinajstić information content (AvgIpc) is 2.31. The summed E-state index contributed by atoms with van der Waals surface area (Å²) in [6.45, 7) is 4.29. The van der Waals surface area contributed by atoms with E-state index in [9.17, 15) is 20.2 Å². The van der Waals surface area contributed by atoms with E-state index in [0.29, 0.717) is 0 Å². The minimum absolute atomic E-state index is 0.0269. The van der Waals surface area contributed by atoms with E-state index < -0.39 is 22.4 Å². The van der Waals surface area contributed by atoms with Crippen molar-refractivity contribution in [1.29, 1.82) is 5.26 Å². The highest BCUT2D eigenvalue weighted by Gasteiger charge is 2.37. The van der Waals surface area contributed by atoms with E-state index in [1.54, 1.807) is 0 Å². The number of carbonyl (C=O) groups excluding carboxylic acids is 1. The van der Waals surface area contributed by atoms with E-state index in [4.69, 9.17) is 27.9 Å². The first-order valence-corrected chi connectivity index (χ1v) is 6.58. The highest BCUT2D eigenvalue weighted by Crippen LogP contribution is 2.41. The largest absolute Gasteiger partial charge is 0.458 e. The first kappa shape index (κ1) is 17.2. The lowest BCUT2D eigenvalue weighted by molar-refractivity contribution is -0.384. The topological polar surface area (TPSA) is 93.2 Å². The number of hydrogen-bond acceptors (Lipinski definition) is 5. The van der Waals surface area contributed by atoms with Crippen LogP contribution in [-0.4, -0.2) is 16.5 Å². The Hall–Kier alpha value is -1.84. The molecule has 0 bridgehead atoms. The first-order valence-electron chi connectivity index (χ1n) is 5.82. The minimum atomic E-state index is -1.19. The molecule has 0 radical (unpaired) electrons. The molecule has 0 N–H and O–H groups in total. The molecule has 0 amide bonds.